The van der Waals surface area contributed by atoms with Crippen LogP contribution in [0.4, 0.5) is 5.13 Å². The number of carbonyl (C=O) groups excluding carboxylic acids is 1. The van der Waals surface area contributed by atoms with Gasteiger partial charge in [-0.05, 0) is 18.9 Å². The van der Waals surface area contributed by atoms with Gasteiger partial charge >= 0.3 is 0 Å². The summed E-state index contributed by atoms with van der Waals surface area (Å²) >= 11 is 4.18. The van der Waals surface area contributed by atoms with Crippen LogP contribution >= 0.6 is 34.9 Å². The number of amides is 1. The van der Waals surface area contributed by atoms with E-state index in [1.807, 2.05) is 37.3 Å². The molecule has 0 fully saturated rings. The van der Waals surface area contributed by atoms with Crippen LogP contribution in [0.3, 0.4) is 0 Å². The van der Waals surface area contributed by atoms with Crippen LogP contribution in [0.5, 0.6) is 0 Å². The summed E-state index contributed by atoms with van der Waals surface area (Å²) in [7, 11) is 0. The van der Waals surface area contributed by atoms with Gasteiger partial charge in [-0.25, -0.2) is 4.98 Å². The van der Waals surface area contributed by atoms with Crippen molar-refractivity contribution in [2.75, 3.05) is 16.8 Å². The molecule has 10 heteroatoms. The van der Waals surface area contributed by atoms with E-state index in [4.69, 9.17) is 4.98 Å². The van der Waals surface area contributed by atoms with Crippen LogP contribution in [0.15, 0.2) is 45.2 Å². The average molecular weight is 446 g/mol. The third kappa shape index (κ3) is 4.88. The Morgan fingerprint density at radius 2 is 2.10 bits per heavy atom. The molecule has 0 aliphatic carbocycles. The Balaban J connectivity index is 1.51. The molecule has 1 N–H and O–H groups in total. The van der Waals surface area contributed by atoms with Crippen molar-refractivity contribution in [3.63, 3.8) is 0 Å². The Kier molecular flexibility index (Phi) is 6.31. The second kappa shape index (κ2) is 9.10. The molecule has 3 heterocycles. The van der Waals surface area contributed by atoms with Crippen molar-refractivity contribution in [2.24, 2.45) is 0 Å². The maximum atomic E-state index is 13.0. The number of anilines is 1. The fourth-order valence-electron chi connectivity index (χ4n) is 2.95. The van der Waals surface area contributed by atoms with Gasteiger partial charge in [0.2, 0.25) is 11.0 Å². The molecule has 0 spiro atoms. The third-order valence-electron chi connectivity index (χ3n) is 4.32. The van der Waals surface area contributed by atoms with Crippen molar-refractivity contribution in [1.82, 2.24) is 19.7 Å². The number of nitrogens with zero attached hydrogens (tertiary/aromatic N) is 4. The van der Waals surface area contributed by atoms with E-state index in [1.54, 1.807) is 16.3 Å². The van der Waals surface area contributed by atoms with Gasteiger partial charge in [0.15, 0.2) is 5.16 Å². The smallest absolute Gasteiger partial charge is 0.268 e. The summed E-state index contributed by atoms with van der Waals surface area (Å²) in [6, 6.07) is 10.0. The summed E-state index contributed by atoms with van der Waals surface area (Å²) in [5.41, 5.74) is 2.00. The monoisotopic (exact) mass is 445 g/mol. The largest absolute Gasteiger partial charge is 0.300 e. The summed E-state index contributed by atoms with van der Waals surface area (Å²) in [4.78, 5) is 30.8. The highest BCUT2D eigenvalue weighted by Crippen LogP contribution is 2.29. The molecule has 3 aromatic rings. The molecule has 1 aromatic carbocycles. The van der Waals surface area contributed by atoms with Crippen LogP contribution in [-0.2, 0) is 24.2 Å². The molecule has 2 aromatic heterocycles. The fourth-order valence-corrected chi connectivity index (χ4v) is 5.44. The van der Waals surface area contributed by atoms with Crippen LogP contribution in [0, 0.1) is 6.92 Å². The number of fused-ring (bicyclic) bond motifs is 1. The number of rotatable bonds is 7. The summed E-state index contributed by atoms with van der Waals surface area (Å²) in [5.74, 6) is 0.841. The van der Waals surface area contributed by atoms with Gasteiger partial charge in [0.1, 0.15) is 5.01 Å². The van der Waals surface area contributed by atoms with E-state index < -0.39 is 0 Å². The molecule has 150 valence electrons. The topological polar surface area (TPSA) is 89.8 Å². The first-order valence-corrected chi connectivity index (χ1v) is 11.9. The normalized spacial score (nSPS) is 12.7. The fraction of sp³-hybridized carbons (Fsp3) is 0.316. The first kappa shape index (κ1) is 20.1. The lowest BCUT2D eigenvalue weighted by atomic mass is 10.1. The lowest BCUT2D eigenvalue weighted by Crippen LogP contribution is -2.27. The van der Waals surface area contributed by atoms with Crippen LogP contribution in [0.1, 0.15) is 16.3 Å². The summed E-state index contributed by atoms with van der Waals surface area (Å²) in [6.45, 7) is 2.36. The first-order valence-electron chi connectivity index (χ1n) is 9.13. The molecule has 1 amide bonds. The van der Waals surface area contributed by atoms with Gasteiger partial charge in [-0.15, -0.1) is 22.0 Å². The van der Waals surface area contributed by atoms with Crippen LogP contribution in [0.25, 0.3) is 0 Å². The van der Waals surface area contributed by atoms with Gasteiger partial charge in [0.05, 0.1) is 16.3 Å². The maximum Gasteiger partial charge on any atom is 0.268 e. The quantitative estimate of drug-likeness (QED) is 0.442. The zero-order chi connectivity index (χ0) is 20.2. The highest BCUT2D eigenvalue weighted by Gasteiger charge is 2.22. The summed E-state index contributed by atoms with van der Waals surface area (Å²) in [6.07, 6.45) is 1.52. The molecule has 0 bridgehead atoms. The van der Waals surface area contributed by atoms with Gasteiger partial charge in [-0.1, -0.05) is 53.4 Å². The molecule has 0 atom stereocenters. The molecule has 29 heavy (non-hydrogen) atoms. The van der Waals surface area contributed by atoms with Gasteiger partial charge in [-0.2, -0.15) is 0 Å². The highest BCUT2D eigenvalue weighted by atomic mass is 32.2. The minimum atomic E-state index is -0.190. The predicted octanol–water partition coefficient (Wildman–Crippen LogP) is 3.02. The standard InChI is InChI=1S/C19H19N5O2S3/c1-12-22-23-18(29-12)21-15(25)11-28-19-20-14-8-10-27-16(14)17(26)24(19)9-7-13-5-3-2-4-6-13/h2-6H,7-11H2,1H3,(H,21,23,25). The van der Waals surface area contributed by atoms with Crippen molar-refractivity contribution < 1.29 is 4.79 Å². The molecule has 4 rings (SSSR count). The molecule has 0 radical (unpaired) electrons. The molecule has 1 aliphatic heterocycles. The van der Waals surface area contributed by atoms with Crippen molar-refractivity contribution in [3.05, 3.63) is 57.0 Å². The Labute approximate surface area is 180 Å². The van der Waals surface area contributed by atoms with Crippen LogP contribution in [-0.4, -0.2) is 37.2 Å². The summed E-state index contributed by atoms with van der Waals surface area (Å²) in [5, 5.41) is 12.4. The van der Waals surface area contributed by atoms with E-state index in [0.29, 0.717) is 16.8 Å². The van der Waals surface area contributed by atoms with E-state index in [0.717, 1.165) is 39.8 Å². The molecule has 0 saturated heterocycles. The summed E-state index contributed by atoms with van der Waals surface area (Å²) < 4.78 is 1.71. The Hall–Kier alpha value is -2.17. The Morgan fingerprint density at radius 3 is 2.86 bits per heavy atom. The molecule has 0 saturated carbocycles. The first-order chi connectivity index (χ1) is 14.1. The molecular formula is C19H19N5O2S3. The van der Waals surface area contributed by atoms with Crippen molar-refractivity contribution >= 4 is 45.9 Å². The number of thioether (sulfide) groups is 2. The Bertz CT molecular complexity index is 1080. The van der Waals surface area contributed by atoms with E-state index in [2.05, 4.69) is 15.5 Å². The predicted molar refractivity (Wildman–Crippen MR) is 117 cm³/mol. The van der Waals surface area contributed by atoms with Crippen molar-refractivity contribution in [2.45, 2.75) is 36.4 Å². The molecule has 7 nitrogen and oxygen atoms in total. The third-order valence-corrected chi connectivity index (χ3v) is 7.16. The van der Waals surface area contributed by atoms with E-state index in [1.165, 1.54) is 23.1 Å². The van der Waals surface area contributed by atoms with Crippen molar-refractivity contribution in [1.29, 1.82) is 0 Å². The van der Waals surface area contributed by atoms with Gasteiger partial charge in [-0.3, -0.25) is 19.5 Å². The molecule has 1 aliphatic rings. The van der Waals surface area contributed by atoms with E-state index >= 15 is 0 Å². The number of aryl methyl sites for hydroxylation is 3. The van der Waals surface area contributed by atoms with Crippen LogP contribution in [0.2, 0.25) is 0 Å². The molecular weight excluding hydrogens is 426 g/mol. The zero-order valence-electron chi connectivity index (χ0n) is 15.8. The van der Waals surface area contributed by atoms with Crippen molar-refractivity contribution in [3.8, 4) is 0 Å². The zero-order valence-corrected chi connectivity index (χ0v) is 18.2. The van der Waals surface area contributed by atoms with E-state index in [-0.39, 0.29) is 17.2 Å². The number of hydrogen-bond acceptors (Lipinski definition) is 8. The number of benzene rings is 1. The number of aromatic nitrogens is 4. The van der Waals surface area contributed by atoms with Gasteiger partial charge < -0.3 is 0 Å². The minimum absolute atomic E-state index is 0.00362. The lowest BCUT2D eigenvalue weighted by Gasteiger charge is -2.13. The number of nitrogens with one attached hydrogen (secondary N) is 1. The lowest BCUT2D eigenvalue weighted by molar-refractivity contribution is -0.113. The number of hydrogen-bond donors (Lipinski definition) is 1. The van der Waals surface area contributed by atoms with Crippen LogP contribution < -0.4 is 10.9 Å². The molecule has 0 unspecified atom stereocenters. The highest BCUT2D eigenvalue weighted by molar-refractivity contribution is 8.00. The maximum absolute atomic E-state index is 13.0. The van der Waals surface area contributed by atoms with E-state index in [9.17, 15) is 9.59 Å². The van der Waals surface area contributed by atoms with Gasteiger partial charge in [0, 0.05) is 18.7 Å². The second-order valence-electron chi connectivity index (χ2n) is 6.42. The average Bonchev–Trinajstić information content (AvgIpc) is 3.35. The second-order valence-corrected chi connectivity index (χ2v) is 9.65. The minimum Gasteiger partial charge on any atom is -0.300 e. The number of carbonyl (C=O) groups is 1. The van der Waals surface area contributed by atoms with Gasteiger partial charge in [0.25, 0.3) is 5.56 Å². The Morgan fingerprint density at radius 1 is 1.28 bits per heavy atom. The SMILES string of the molecule is Cc1nnc(NC(=O)CSc2nc3c(c(=O)n2CCc2ccccc2)SCC3)s1.